The van der Waals surface area contributed by atoms with Crippen LogP contribution in [-0.4, -0.2) is 13.7 Å². The molecule has 8 heavy (non-hydrogen) atoms. The van der Waals surface area contributed by atoms with E-state index >= 15 is 0 Å². The number of hydrogen-bond acceptors (Lipinski definition) is 1. The summed E-state index contributed by atoms with van der Waals surface area (Å²) in [6.45, 7) is 4.97. The third-order valence-corrected chi connectivity index (χ3v) is 0.951. The fourth-order valence-electron chi connectivity index (χ4n) is 0.647. The van der Waals surface area contributed by atoms with Crippen LogP contribution in [0.2, 0.25) is 0 Å². The Morgan fingerprint density at radius 1 is 1.62 bits per heavy atom. The van der Waals surface area contributed by atoms with Crippen LogP contribution in [0.15, 0.2) is 12.2 Å². The van der Waals surface area contributed by atoms with Crippen LogP contribution in [0.4, 0.5) is 0 Å². The molecule has 0 heterocycles. The third-order valence-electron chi connectivity index (χ3n) is 0.951. The van der Waals surface area contributed by atoms with Gasteiger partial charge in [-0.05, 0) is 12.8 Å². The SMILES string of the molecule is CC=CC(C)COC. The van der Waals surface area contributed by atoms with E-state index in [0.717, 1.165) is 6.61 Å². The molecule has 0 N–H and O–H groups in total. The molecule has 0 saturated heterocycles. The molecule has 0 aliphatic heterocycles. The lowest BCUT2D eigenvalue weighted by molar-refractivity contribution is 0.176. The first-order valence-electron chi connectivity index (χ1n) is 2.93. The molecule has 0 aromatic heterocycles. The molecule has 0 radical (unpaired) electrons. The summed E-state index contributed by atoms with van der Waals surface area (Å²) in [4.78, 5) is 0. The second-order valence-corrected chi connectivity index (χ2v) is 1.96. The molecular weight excluding hydrogens is 100 g/mol. The highest BCUT2D eigenvalue weighted by atomic mass is 16.5. The van der Waals surface area contributed by atoms with Gasteiger partial charge in [0, 0.05) is 7.11 Å². The van der Waals surface area contributed by atoms with Gasteiger partial charge in [0.05, 0.1) is 6.61 Å². The molecule has 1 unspecified atom stereocenters. The Morgan fingerprint density at radius 3 is 2.62 bits per heavy atom. The Labute approximate surface area is 51.4 Å². The van der Waals surface area contributed by atoms with Crippen molar-refractivity contribution >= 4 is 0 Å². The molecule has 0 amide bonds. The quantitative estimate of drug-likeness (QED) is 0.509. The maximum atomic E-state index is 4.90. The van der Waals surface area contributed by atoms with Gasteiger partial charge in [0.2, 0.25) is 0 Å². The number of rotatable bonds is 3. The average Bonchev–Trinajstić information content (AvgIpc) is 1.68. The monoisotopic (exact) mass is 114 g/mol. The van der Waals surface area contributed by atoms with Crippen LogP contribution in [0.5, 0.6) is 0 Å². The molecule has 48 valence electrons. The van der Waals surface area contributed by atoms with E-state index in [1.807, 2.05) is 13.0 Å². The highest BCUT2D eigenvalue weighted by Gasteiger charge is 1.90. The summed E-state index contributed by atoms with van der Waals surface area (Å²) in [6.07, 6.45) is 4.17. The van der Waals surface area contributed by atoms with Gasteiger partial charge in [-0.1, -0.05) is 19.1 Å². The van der Waals surface area contributed by atoms with Crippen LogP contribution >= 0.6 is 0 Å². The van der Waals surface area contributed by atoms with E-state index in [0.29, 0.717) is 5.92 Å². The standard InChI is InChI=1S/C7H14O/c1-4-5-7(2)6-8-3/h4-5,7H,6H2,1-3H3. The molecule has 0 aromatic rings. The van der Waals surface area contributed by atoms with Crippen molar-refractivity contribution in [2.45, 2.75) is 13.8 Å². The smallest absolute Gasteiger partial charge is 0.0522 e. The van der Waals surface area contributed by atoms with Crippen LogP contribution in [0, 0.1) is 5.92 Å². The Morgan fingerprint density at radius 2 is 2.25 bits per heavy atom. The van der Waals surface area contributed by atoms with Crippen molar-refractivity contribution in [2.24, 2.45) is 5.92 Å². The summed E-state index contributed by atoms with van der Waals surface area (Å²) < 4.78 is 4.90. The van der Waals surface area contributed by atoms with Crippen LogP contribution in [0.3, 0.4) is 0 Å². The summed E-state index contributed by atoms with van der Waals surface area (Å²) in [5.74, 6) is 0.560. The molecule has 0 rings (SSSR count). The van der Waals surface area contributed by atoms with E-state index in [9.17, 15) is 0 Å². The Hall–Kier alpha value is -0.300. The zero-order chi connectivity index (χ0) is 6.41. The van der Waals surface area contributed by atoms with E-state index in [2.05, 4.69) is 13.0 Å². The highest BCUT2D eigenvalue weighted by Crippen LogP contribution is 1.95. The topological polar surface area (TPSA) is 9.23 Å². The average molecular weight is 114 g/mol. The molecule has 1 nitrogen and oxygen atoms in total. The first-order valence-corrected chi connectivity index (χ1v) is 2.93. The number of hydrogen-bond donors (Lipinski definition) is 0. The van der Waals surface area contributed by atoms with Crippen molar-refractivity contribution in [1.29, 1.82) is 0 Å². The summed E-state index contributed by atoms with van der Waals surface area (Å²) in [5.41, 5.74) is 0. The largest absolute Gasteiger partial charge is 0.384 e. The molecule has 0 spiro atoms. The van der Waals surface area contributed by atoms with Crippen LogP contribution in [-0.2, 0) is 4.74 Å². The zero-order valence-corrected chi connectivity index (χ0v) is 5.85. The predicted molar refractivity (Wildman–Crippen MR) is 35.9 cm³/mol. The Bertz CT molecular complexity index is 66.8. The van der Waals surface area contributed by atoms with Crippen molar-refractivity contribution in [3.63, 3.8) is 0 Å². The normalized spacial score (nSPS) is 14.9. The second-order valence-electron chi connectivity index (χ2n) is 1.96. The van der Waals surface area contributed by atoms with E-state index in [1.165, 1.54) is 0 Å². The first kappa shape index (κ1) is 7.70. The summed E-state index contributed by atoms with van der Waals surface area (Å²) >= 11 is 0. The third kappa shape index (κ3) is 3.88. The van der Waals surface area contributed by atoms with Crippen LogP contribution in [0.1, 0.15) is 13.8 Å². The van der Waals surface area contributed by atoms with Crippen molar-refractivity contribution in [2.75, 3.05) is 13.7 Å². The lowest BCUT2D eigenvalue weighted by atomic mass is 10.2. The van der Waals surface area contributed by atoms with Crippen LogP contribution < -0.4 is 0 Å². The van der Waals surface area contributed by atoms with E-state index < -0.39 is 0 Å². The Balaban J connectivity index is 3.17. The lowest BCUT2D eigenvalue weighted by Crippen LogP contribution is -1.98. The Kier molecular flexibility index (Phi) is 4.67. The van der Waals surface area contributed by atoms with Crippen molar-refractivity contribution in [3.05, 3.63) is 12.2 Å². The molecule has 0 aliphatic carbocycles. The minimum Gasteiger partial charge on any atom is -0.384 e. The lowest BCUT2D eigenvalue weighted by Gasteiger charge is -2.00. The molecule has 0 fully saturated rings. The van der Waals surface area contributed by atoms with Gasteiger partial charge in [0.1, 0.15) is 0 Å². The molecule has 0 bridgehead atoms. The predicted octanol–water partition coefficient (Wildman–Crippen LogP) is 1.84. The summed E-state index contributed by atoms with van der Waals surface area (Å²) in [5, 5.41) is 0. The minimum atomic E-state index is 0.560. The fraction of sp³-hybridized carbons (Fsp3) is 0.714. The molecule has 0 saturated carbocycles. The van der Waals surface area contributed by atoms with E-state index in [-0.39, 0.29) is 0 Å². The van der Waals surface area contributed by atoms with Gasteiger partial charge in [0.15, 0.2) is 0 Å². The van der Waals surface area contributed by atoms with Gasteiger partial charge in [0.25, 0.3) is 0 Å². The van der Waals surface area contributed by atoms with Gasteiger partial charge < -0.3 is 4.74 Å². The molecule has 0 aromatic carbocycles. The van der Waals surface area contributed by atoms with E-state index in [1.54, 1.807) is 7.11 Å². The number of methoxy groups -OCH3 is 1. The number of allylic oxidation sites excluding steroid dienone is 1. The molecule has 1 atom stereocenters. The second kappa shape index (κ2) is 4.85. The van der Waals surface area contributed by atoms with Crippen molar-refractivity contribution < 1.29 is 4.74 Å². The van der Waals surface area contributed by atoms with E-state index in [4.69, 9.17) is 4.74 Å². The van der Waals surface area contributed by atoms with Crippen molar-refractivity contribution in [3.8, 4) is 0 Å². The van der Waals surface area contributed by atoms with Gasteiger partial charge in [-0.3, -0.25) is 0 Å². The maximum Gasteiger partial charge on any atom is 0.0522 e. The van der Waals surface area contributed by atoms with Crippen molar-refractivity contribution in [1.82, 2.24) is 0 Å². The highest BCUT2D eigenvalue weighted by molar-refractivity contribution is 4.82. The molecular formula is C7H14O. The first-order chi connectivity index (χ1) is 3.81. The fourth-order valence-corrected chi connectivity index (χ4v) is 0.647. The van der Waals surface area contributed by atoms with Crippen LogP contribution in [0.25, 0.3) is 0 Å². The minimum absolute atomic E-state index is 0.560. The van der Waals surface area contributed by atoms with Gasteiger partial charge in [-0.25, -0.2) is 0 Å². The van der Waals surface area contributed by atoms with Gasteiger partial charge >= 0.3 is 0 Å². The molecule has 1 heteroatoms. The van der Waals surface area contributed by atoms with Gasteiger partial charge in [-0.2, -0.15) is 0 Å². The van der Waals surface area contributed by atoms with Gasteiger partial charge in [-0.15, -0.1) is 0 Å². The summed E-state index contributed by atoms with van der Waals surface area (Å²) in [6, 6.07) is 0. The number of ether oxygens (including phenoxy) is 1. The zero-order valence-electron chi connectivity index (χ0n) is 5.85. The summed E-state index contributed by atoms with van der Waals surface area (Å²) in [7, 11) is 1.72. The maximum absolute atomic E-state index is 4.90. The molecule has 0 aliphatic rings.